The molecule has 82 valence electrons. The second-order valence-corrected chi connectivity index (χ2v) is 3.44. The molecular weight excluding hydrogens is 202 g/mol. The molecule has 0 aliphatic rings. The highest BCUT2D eigenvalue weighted by Crippen LogP contribution is 2.17. The molecule has 0 spiro atoms. The zero-order valence-corrected chi connectivity index (χ0v) is 9.05. The van der Waals surface area contributed by atoms with Gasteiger partial charge in [0.05, 0.1) is 6.61 Å². The van der Waals surface area contributed by atoms with Gasteiger partial charge in [0, 0.05) is 18.9 Å². The quantitative estimate of drug-likeness (QED) is 0.849. The third kappa shape index (κ3) is 2.35. The molecule has 1 heterocycles. The Labute approximate surface area is 94.1 Å². The van der Waals surface area contributed by atoms with Gasteiger partial charge < -0.3 is 10.5 Å². The summed E-state index contributed by atoms with van der Waals surface area (Å²) in [5.41, 5.74) is 7.65. The first-order valence-corrected chi connectivity index (χ1v) is 4.96. The lowest BCUT2D eigenvalue weighted by atomic mass is 10.1. The van der Waals surface area contributed by atoms with Crippen molar-refractivity contribution in [2.24, 2.45) is 0 Å². The fourth-order valence-corrected chi connectivity index (χ4v) is 1.48. The maximum atomic E-state index is 5.62. The number of hydrogen-bond donors (Lipinski definition) is 1. The van der Waals surface area contributed by atoms with E-state index < -0.39 is 0 Å². The second-order valence-electron chi connectivity index (χ2n) is 3.44. The van der Waals surface area contributed by atoms with Crippen LogP contribution < -0.4 is 5.73 Å². The first kappa shape index (κ1) is 10.6. The molecular formula is C12H13N3O. The topological polar surface area (TPSA) is 61.0 Å². The summed E-state index contributed by atoms with van der Waals surface area (Å²) in [7, 11) is 1.67. The van der Waals surface area contributed by atoms with Gasteiger partial charge in [0.1, 0.15) is 5.82 Å². The molecule has 1 aromatic heterocycles. The summed E-state index contributed by atoms with van der Waals surface area (Å²) >= 11 is 0. The number of methoxy groups -OCH3 is 1. The number of nitrogen functional groups attached to an aromatic ring is 1. The molecule has 0 bridgehead atoms. The third-order valence-electron chi connectivity index (χ3n) is 2.17. The Hall–Kier alpha value is -1.94. The minimum Gasteiger partial charge on any atom is -0.384 e. The molecule has 0 aliphatic heterocycles. The fraction of sp³-hybridized carbons (Fsp3) is 0.167. The number of nitrogens with two attached hydrogens (primary N) is 1. The van der Waals surface area contributed by atoms with E-state index in [4.69, 9.17) is 10.5 Å². The molecule has 2 rings (SSSR count). The molecule has 16 heavy (non-hydrogen) atoms. The average Bonchev–Trinajstić information content (AvgIpc) is 2.30. The van der Waals surface area contributed by atoms with Crippen molar-refractivity contribution in [2.75, 3.05) is 12.8 Å². The maximum Gasteiger partial charge on any atom is 0.161 e. The van der Waals surface area contributed by atoms with E-state index in [1.54, 1.807) is 19.4 Å². The van der Waals surface area contributed by atoms with Gasteiger partial charge in [-0.1, -0.05) is 18.2 Å². The molecule has 0 amide bonds. The lowest BCUT2D eigenvalue weighted by Crippen LogP contribution is -1.95. The van der Waals surface area contributed by atoms with E-state index in [-0.39, 0.29) is 0 Å². The molecule has 0 fully saturated rings. The van der Waals surface area contributed by atoms with Crippen molar-refractivity contribution in [3.8, 4) is 11.4 Å². The predicted molar refractivity (Wildman–Crippen MR) is 62.6 cm³/mol. The van der Waals surface area contributed by atoms with Crippen LogP contribution in [-0.4, -0.2) is 17.1 Å². The van der Waals surface area contributed by atoms with Crippen LogP contribution in [0.1, 0.15) is 5.56 Å². The van der Waals surface area contributed by atoms with Crippen LogP contribution in [0.15, 0.2) is 36.5 Å². The molecule has 0 radical (unpaired) electrons. The van der Waals surface area contributed by atoms with Gasteiger partial charge in [0.2, 0.25) is 0 Å². The van der Waals surface area contributed by atoms with E-state index >= 15 is 0 Å². The van der Waals surface area contributed by atoms with Gasteiger partial charge in [0.25, 0.3) is 0 Å². The summed E-state index contributed by atoms with van der Waals surface area (Å²) in [6.07, 6.45) is 1.65. The average molecular weight is 215 g/mol. The largest absolute Gasteiger partial charge is 0.384 e. The van der Waals surface area contributed by atoms with Crippen LogP contribution in [0, 0.1) is 0 Å². The molecule has 2 aromatic rings. The lowest BCUT2D eigenvalue weighted by molar-refractivity contribution is 0.185. The maximum absolute atomic E-state index is 5.62. The zero-order valence-electron chi connectivity index (χ0n) is 9.05. The first-order chi connectivity index (χ1) is 7.79. The van der Waals surface area contributed by atoms with Crippen molar-refractivity contribution in [3.05, 3.63) is 42.1 Å². The Kier molecular flexibility index (Phi) is 3.12. The SMILES string of the molecule is COCc1cccc(-c2nccc(N)n2)c1. The monoisotopic (exact) mass is 215 g/mol. The van der Waals surface area contributed by atoms with Crippen LogP contribution in [0.4, 0.5) is 5.82 Å². The van der Waals surface area contributed by atoms with Gasteiger partial charge in [-0.05, 0) is 17.7 Å². The van der Waals surface area contributed by atoms with E-state index in [2.05, 4.69) is 9.97 Å². The minimum atomic E-state index is 0.474. The fourth-order valence-electron chi connectivity index (χ4n) is 1.48. The molecule has 2 N–H and O–H groups in total. The molecule has 0 aliphatic carbocycles. The number of benzene rings is 1. The van der Waals surface area contributed by atoms with Crippen molar-refractivity contribution in [3.63, 3.8) is 0 Å². The summed E-state index contributed by atoms with van der Waals surface area (Å²) in [6.45, 7) is 0.580. The van der Waals surface area contributed by atoms with Gasteiger partial charge in [-0.2, -0.15) is 0 Å². The third-order valence-corrected chi connectivity index (χ3v) is 2.17. The lowest BCUT2D eigenvalue weighted by Gasteiger charge is -2.03. The summed E-state index contributed by atoms with van der Waals surface area (Å²) in [4.78, 5) is 8.35. The van der Waals surface area contributed by atoms with E-state index in [0.717, 1.165) is 11.1 Å². The number of hydrogen-bond acceptors (Lipinski definition) is 4. The van der Waals surface area contributed by atoms with Gasteiger partial charge in [-0.3, -0.25) is 0 Å². The van der Waals surface area contributed by atoms with Crippen molar-refractivity contribution >= 4 is 5.82 Å². The molecule has 1 aromatic carbocycles. The Bertz CT molecular complexity index is 485. The standard InChI is InChI=1S/C12H13N3O/c1-16-8-9-3-2-4-10(7-9)12-14-6-5-11(13)15-12/h2-7H,8H2,1H3,(H2,13,14,15). The van der Waals surface area contributed by atoms with Crippen LogP contribution in [-0.2, 0) is 11.3 Å². The molecule has 0 unspecified atom stereocenters. The number of anilines is 1. The van der Waals surface area contributed by atoms with Crippen LogP contribution in [0.25, 0.3) is 11.4 Å². The van der Waals surface area contributed by atoms with Gasteiger partial charge in [0.15, 0.2) is 5.82 Å². The molecule has 0 saturated heterocycles. The van der Waals surface area contributed by atoms with Crippen LogP contribution >= 0.6 is 0 Å². The molecule has 0 saturated carbocycles. The Morgan fingerprint density at radius 3 is 2.94 bits per heavy atom. The van der Waals surface area contributed by atoms with E-state index in [0.29, 0.717) is 18.2 Å². The summed E-state index contributed by atoms with van der Waals surface area (Å²) < 4.78 is 5.08. The van der Waals surface area contributed by atoms with Gasteiger partial charge in [-0.25, -0.2) is 9.97 Å². The summed E-state index contributed by atoms with van der Waals surface area (Å²) in [5, 5.41) is 0. The van der Waals surface area contributed by atoms with Crippen molar-refractivity contribution in [1.82, 2.24) is 9.97 Å². The van der Waals surface area contributed by atoms with Crippen LogP contribution in [0.5, 0.6) is 0 Å². The van der Waals surface area contributed by atoms with Gasteiger partial charge in [-0.15, -0.1) is 0 Å². The van der Waals surface area contributed by atoms with E-state index in [1.165, 1.54) is 0 Å². The molecule has 0 atom stereocenters. The Balaban J connectivity index is 2.36. The number of aromatic nitrogens is 2. The van der Waals surface area contributed by atoms with Crippen molar-refractivity contribution in [1.29, 1.82) is 0 Å². The Morgan fingerprint density at radius 2 is 2.19 bits per heavy atom. The smallest absolute Gasteiger partial charge is 0.161 e. The normalized spacial score (nSPS) is 10.3. The highest BCUT2D eigenvalue weighted by atomic mass is 16.5. The summed E-state index contributed by atoms with van der Waals surface area (Å²) in [5.74, 6) is 1.11. The highest BCUT2D eigenvalue weighted by Gasteiger charge is 2.02. The molecule has 4 nitrogen and oxygen atoms in total. The molecule has 4 heteroatoms. The number of nitrogens with zero attached hydrogens (tertiary/aromatic N) is 2. The number of ether oxygens (including phenoxy) is 1. The second kappa shape index (κ2) is 4.72. The predicted octanol–water partition coefficient (Wildman–Crippen LogP) is 1.87. The number of rotatable bonds is 3. The van der Waals surface area contributed by atoms with Crippen molar-refractivity contribution < 1.29 is 4.74 Å². The van der Waals surface area contributed by atoms with Crippen LogP contribution in [0.3, 0.4) is 0 Å². The minimum absolute atomic E-state index is 0.474. The van der Waals surface area contributed by atoms with E-state index in [1.807, 2.05) is 24.3 Å². The Morgan fingerprint density at radius 1 is 1.31 bits per heavy atom. The van der Waals surface area contributed by atoms with Gasteiger partial charge >= 0.3 is 0 Å². The van der Waals surface area contributed by atoms with E-state index in [9.17, 15) is 0 Å². The summed E-state index contributed by atoms with van der Waals surface area (Å²) in [6, 6.07) is 9.57. The van der Waals surface area contributed by atoms with Crippen molar-refractivity contribution in [2.45, 2.75) is 6.61 Å². The zero-order chi connectivity index (χ0) is 11.4. The van der Waals surface area contributed by atoms with Crippen LogP contribution in [0.2, 0.25) is 0 Å². The highest BCUT2D eigenvalue weighted by molar-refractivity contribution is 5.57. The first-order valence-electron chi connectivity index (χ1n) is 4.96.